The Morgan fingerprint density at radius 1 is 0.962 bits per heavy atom. The number of likely N-dealkylation sites (N-methyl/N-ethyl adjacent to an activating group) is 1. The van der Waals surface area contributed by atoms with Gasteiger partial charge in [0.1, 0.15) is 31.5 Å². The van der Waals surface area contributed by atoms with Crippen molar-refractivity contribution in [2.24, 2.45) is 0 Å². The Morgan fingerprint density at radius 2 is 1.62 bits per heavy atom. The van der Waals surface area contributed by atoms with Crippen LogP contribution < -0.4 is 15.0 Å². The molecule has 2 aromatic rings. The van der Waals surface area contributed by atoms with Crippen LogP contribution in [0.1, 0.15) is 28.3 Å². The molecular weight excluding hydrogens is 324 g/mol. The van der Waals surface area contributed by atoms with E-state index < -0.39 is 6.10 Å². The third-order valence-electron chi connectivity index (χ3n) is 5.03. The molecule has 0 spiro atoms. The first-order chi connectivity index (χ1) is 12.4. The molecule has 4 nitrogen and oxygen atoms in total. The van der Waals surface area contributed by atoms with Crippen LogP contribution in [0.2, 0.25) is 0 Å². The van der Waals surface area contributed by atoms with E-state index in [-0.39, 0.29) is 0 Å². The number of hydrogen-bond donors (Lipinski definition) is 3. The number of benzene rings is 2. The monoisotopic (exact) mass is 358 g/mol. The predicted octanol–water partition coefficient (Wildman–Crippen LogP) is 0.801. The lowest BCUT2D eigenvalue weighted by molar-refractivity contribution is -0.909. The number of hydrogen-bond acceptors (Lipinski definition) is 2. The molecular formula is C22H34N2O2+2. The second-order valence-corrected chi connectivity index (χ2v) is 7.42. The van der Waals surface area contributed by atoms with Crippen LogP contribution in [-0.4, -0.2) is 45.0 Å². The number of aliphatic hydroxyl groups excluding tert-OH is 1. The van der Waals surface area contributed by atoms with Gasteiger partial charge in [-0.2, -0.15) is 0 Å². The number of nitrogens with two attached hydrogens (primary N) is 1. The Bertz CT molecular complexity index is 686. The highest BCUT2D eigenvalue weighted by molar-refractivity contribution is 5.44. The summed E-state index contributed by atoms with van der Waals surface area (Å²) in [5.74, 6) is 0.906. The van der Waals surface area contributed by atoms with E-state index in [1.807, 2.05) is 13.0 Å². The van der Waals surface area contributed by atoms with Gasteiger partial charge in [-0.15, -0.1) is 0 Å². The van der Waals surface area contributed by atoms with E-state index in [1.54, 1.807) is 0 Å². The molecule has 4 N–H and O–H groups in total. The number of ether oxygens (including phenoxy) is 1. The molecule has 0 saturated carbocycles. The van der Waals surface area contributed by atoms with E-state index in [9.17, 15) is 5.11 Å². The smallest absolute Gasteiger partial charge is 0.162 e. The molecule has 0 unspecified atom stereocenters. The van der Waals surface area contributed by atoms with Gasteiger partial charge in [0.15, 0.2) is 6.04 Å². The molecule has 2 rings (SSSR count). The first-order valence-electron chi connectivity index (χ1n) is 9.44. The van der Waals surface area contributed by atoms with Crippen molar-refractivity contribution in [2.45, 2.75) is 32.9 Å². The first-order valence-corrected chi connectivity index (χ1v) is 9.44. The number of aryl methyl sites for hydroxylation is 2. The van der Waals surface area contributed by atoms with Gasteiger partial charge in [-0.1, -0.05) is 42.5 Å². The van der Waals surface area contributed by atoms with Crippen LogP contribution in [0.3, 0.4) is 0 Å². The molecule has 0 fully saturated rings. The maximum atomic E-state index is 10.3. The Morgan fingerprint density at radius 3 is 2.27 bits per heavy atom. The van der Waals surface area contributed by atoms with Gasteiger partial charge in [0.2, 0.25) is 0 Å². The minimum atomic E-state index is -0.483. The number of rotatable bonds is 9. The van der Waals surface area contributed by atoms with E-state index in [4.69, 9.17) is 4.74 Å². The molecule has 142 valence electrons. The standard InChI is InChI=1S/C22H32N2O2/c1-16-11-12-17(2)22(18(16)3)26-15-20(25)13-23-14-21(24(4)5)19-9-7-6-8-10-19/h6-12,20-21,23,25H,13-15H2,1-5H3/p+2/t20-,21+/m0/s1. The summed E-state index contributed by atoms with van der Waals surface area (Å²) < 4.78 is 5.92. The summed E-state index contributed by atoms with van der Waals surface area (Å²) >= 11 is 0. The summed E-state index contributed by atoms with van der Waals surface area (Å²) in [5.41, 5.74) is 4.82. The summed E-state index contributed by atoms with van der Waals surface area (Å²) in [6.45, 7) is 8.10. The zero-order chi connectivity index (χ0) is 19.1. The summed E-state index contributed by atoms with van der Waals surface area (Å²) in [4.78, 5) is 1.39. The average molecular weight is 359 g/mol. The van der Waals surface area contributed by atoms with Crippen LogP contribution in [0.4, 0.5) is 0 Å². The average Bonchev–Trinajstić information content (AvgIpc) is 2.62. The molecule has 0 amide bonds. The normalized spacial score (nSPS) is 13.7. The zero-order valence-electron chi connectivity index (χ0n) is 16.8. The maximum absolute atomic E-state index is 10.3. The Hall–Kier alpha value is -1.88. The predicted molar refractivity (Wildman–Crippen MR) is 106 cm³/mol. The van der Waals surface area contributed by atoms with E-state index >= 15 is 0 Å². The van der Waals surface area contributed by atoms with Crippen LogP contribution >= 0.6 is 0 Å². The van der Waals surface area contributed by atoms with E-state index in [2.05, 4.69) is 69.7 Å². The molecule has 0 heterocycles. The highest BCUT2D eigenvalue weighted by atomic mass is 16.5. The first kappa shape index (κ1) is 20.4. The van der Waals surface area contributed by atoms with Gasteiger partial charge in [-0.05, 0) is 37.5 Å². The highest BCUT2D eigenvalue weighted by Crippen LogP contribution is 2.25. The molecule has 0 aliphatic heterocycles. The van der Waals surface area contributed by atoms with E-state index in [0.29, 0.717) is 19.2 Å². The molecule has 0 aliphatic rings. The summed E-state index contributed by atoms with van der Waals surface area (Å²) in [6.07, 6.45) is -0.483. The lowest BCUT2D eigenvalue weighted by Gasteiger charge is -2.21. The zero-order valence-corrected chi connectivity index (χ0v) is 16.8. The lowest BCUT2D eigenvalue weighted by Crippen LogP contribution is -3.09. The van der Waals surface area contributed by atoms with Crippen LogP contribution in [0.25, 0.3) is 0 Å². The molecule has 4 heteroatoms. The van der Waals surface area contributed by atoms with Gasteiger partial charge in [0.25, 0.3) is 0 Å². The molecule has 0 saturated heterocycles. The van der Waals surface area contributed by atoms with Gasteiger partial charge < -0.3 is 20.1 Å². The number of nitrogens with one attached hydrogen (secondary N) is 1. The van der Waals surface area contributed by atoms with Crippen LogP contribution in [0, 0.1) is 20.8 Å². The quantitative estimate of drug-likeness (QED) is 0.621. The van der Waals surface area contributed by atoms with Gasteiger partial charge in [-0.25, -0.2) is 0 Å². The number of aliphatic hydroxyl groups is 1. The molecule has 2 aromatic carbocycles. The topological polar surface area (TPSA) is 50.5 Å². The van der Waals surface area contributed by atoms with Crippen molar-refractivity contribution >= 4 is 0 Å². The fraction of sp³-hybridized carbons (Fsp3) is 0.455. The molecule has 26 heavy (non-hydrogen) atoms. The Labute approximate surface area is 157 Å². The third-order valence-corrected chi connectivity index (χ3v) is 5.03. The molecule has 2 atom stereocenters. The van der Waals surface area contributed by atoms with Gasteiger partial charge in [-0.3, -0.25) is 0 Å². The van der Waals surface area contributed by atoms with Gasteiger partial charge >= 0.3 is 0 Å². The van der Waals surface area contributed by atoms with Crippen LogP contribution in [0.5, 0.6) is 5.75 Å². The van der Waals surface area contributed by atoms with Crippen molar-refractivity contribution in [2.75, 3.05) is 33.8 Å². The lowest BCUT2D eigenvalue weighted by atomic mass is 10.1. The van der Waals surface area contributed by atoms with Gasteiger partial charge in [0, 0.05) is 5.56 Å². The SMILES string of the molecule is Cc1ccc(C)c(OC[C@@H](O)C[NH2+]C[C@H](c2ccccc2)[NH+](C)C)c1C. The van der Waals surface area contributed by atoms with E-state index in [0.717, 1.165) is 23.4 Å². The third kappa shape index (κ3) is 5.56. The van der Waals surface area contributed by atoms with Crippen molar-refractivity contribution in [3.05, 3.63) is 64.7 Å². The second kappa shape index (κ2) is 9.72. The Balaban J connectivity index is 1.83. The summed E-state index contributed by atoms with van der Waals surface area (Å²) in [7, 11) is 4.35. The largest absolute Gasteiger partial charge is 0.490 e. The van der Waals surface area contributed by atoms with Crippen LogP contribution in [-0.2, 0) is 0 Å². The molecule has 0 radical (unpaired) electrons. The minimum absolute atomic E-state index is 0.326. The maximum Gasteiger partial charge on any atom is 0.162 e. The second-order valence-electron chi connectivity index (χ2n) is 7.42. The fourth-order valence-electron chi connectivity index (χ4n) is 3.24. The van der Waals surface area contributed by atoms with Crippen molar-refractivity contribution in [3.63, 3.8) is 0 Å². The molecule has 0 bridgehead atoms. The summed E-state index contributed by atoms with van der Waals surface area (Å²) in [6, 6.07) is 15.1. The van der Waals surface area contributed by atoms with Gasteiger partial charge in [0.05, 0.1) is 14.1 Å². The van der Waals surface area contributed by atoms with Crippen LogP contribution in [0.15, 0.2) is 42.5 Å². The summed E-state index contributed by atoms with van der Waals surface area (Å²) in [5, 5.41) is 12.5. The molecule has 0 aromatic heterocycles. The fourth-order valence-corrected chi connectivity index (χ4v) is 3.24. The van der Waals surface area contributed by atoms with Crippen molar-refractivity contribution in [3.8, 4) is 5.75 Å². The van der Waals surface area contributed by atoms with Crippen molar-refractivity contribution in [1.82, 2.24) is 0 Å². The molecule has 0 aliphatic carbocycles. The number of quaternary nitrogens is 2. The van der Waals surface area contributed by atoms with Crippen molar-refractivity contribution in [1.29, 1.82) is 0 Å². The highest BCUT2D eigenvalue weighted by Gasteiger charge is 2.20. The van der Waals surface area contributed by atoms with E-state index in [1.165, 1.54) is 16.0 Å². The van der Waals surface area contributed by atoms with Crippen molar-refractivity contribution < 1.29 is 20.1 Å². The Kier molecular flexibility index (Phi) is 7.64. The minimum Gasteiger partial charge on any atom is -0.490 e.